The lowest BCUT2D eigenvalue weighted by molar-refractivity contribution is -0.117. The molecule has 0 spiro atoms. The monoisotopic (exact) mass is 345 g/mol. The normalized spacial score (nSPS) is 11.6. The van der Waals surface area contributed by atoms with E-state index in [1.165, 1.54) is 0 Å². The molecule has 4 heteroatoms. The predicted octanol–water partition coefficient (Wildman–Crippen LogP) is 4.11. The van der Waals surface area contributed by atoms with Crippen LogP contribution in [0.5, 0.6) is 0 Å². The maximum absolute atomic E-state index is 13.0. The Morgan fingerprint density at radius 2 is 1.73 bits per heavy atom. The summed E-state index contributed by atoms with van der Waals surface area (Å²) in [5, 5.41) is 3.05. The highest BCUT2D eigenvalue weighted by Crippen LogP contribution is 2.23. The number of benzene rings is 2. The quantitative estimate of drug-likeness (QED) is 0.731. The Balaban J connectivity index is 1.80. The third kappa shape index (κ3) is 4.48. The summed E-state index contributed by atoms with van der Waals surface area (Å²) >= 11 is 0. The molecule has 3 aromatic rings. The van der Waals surface area contributed by atoms with Crippen molar-refractivity contribution in [1.29, 1.82) is 0 Å². The van der Waals surface area contributed by atoms with E-state index in [1.54, 1.807) is 6.20 Å². The second-order valence-electron chi connectivity index (χ2n) is 6.46. The topological polar surface area (TPSA) is 45.2 Å². The second kappa shape index (κ2) is 8.30. The second-order valence-corrected chi connectivity index (χ2v) is 6.46. The van der Waals surface area contributed by atoms with Gasteiger partial charge in [-0.25, -0.2) is 0 Å². The van der Waals surface area contributed by atoms with Gasteiger partial charge in [-0.1, -0.05) is 36.4 Å². The molecular weight excluding hydrogens is 322 g/mol. The molecule has 1 atom stereocenters. The number of pyridine rings is 1. The summed E-state index contributed by atoms with van der Waals surface area (Å²) in [5.41, 5.74) is 3.93. The molecule has 4 nitrogen and oxygen atoms in total. The lowest BCUT2D eigenvalue weighted by Gasteiger charge is -2.18. The summed E-state index contributed by atoms with van der Waals surface area (Å²) in [7, 11) is 3.99. The van der Waals surface area contributed by atoms with Crippen LogP contribution < -0.4 is 10.2 Å². The van der Waals surface area contributed by atoms with Crippen molar-refractivity contribution in [1.82, 2.24) is 4.98 Å². The number of carbonyl (C=O) groups is 1. The fourth-order valence-corrected chi connectivity index (χ4v) is 2.87. The summed E-state index contributed by atoms with van der Waals surface area (Å²) in [4.78, 5) is 19.2. The SMILES string of the molecule is CN(C)c1ccc(NC(=O)C(Cc2cccnc2)c2ccccc2)cc1. The fourth-order valence-electron chi connectivity index (χ4n) is 2.87. The van der Waals surface area contributed by atoms with Gasteiger partial charge >= 0.3 is 0 Å². The summed E-state index contributed by atoms with van der Waals surface area (Å²) in [6, 6.07) is 21.6. The Kier molecular flexibility index (Phi) is 5.64. The van der Waals surface area contributed by atoms with Gasteiger partial charge < -0.3 is 10.2 Å². The van der Waals surface area contributed by atoms with E-state index in [0.29, 0.717) is 6.42 Å². The summed E-state index contributed by atoms with van der Waals surface area (Å²) in [6.45, 7) is 0. The average molecular weight is 345 g/mol. The molecule has 132 valence electrons. The van der Waals surface area contributed by atoms with E-state index in [4.69, 9.17) is 0 Å². The lowest BCUT2D eigenvalue weighted by atomic mass is 9.91. The number of rotatable bonds is 6. The number of carbonyl (C=O) groups excluding carboxylic acids is 1. The molecule has 0 saturated carbocycles. The Hall–Kier alpha value is -3.14. The lowest BCUT2D eigenvalue weighted by Crippen LogP contribution is -2.23. The van der Waals surface area contributed by atoms with Crippen molar-refractivity contribution in [2.45, 2.75) is 12.3 Å². The molecule has 0 aliphatic rings. The van der Waals surface area contributed by atoms with E-state index in [-0.39, 0.29) is 11.8 Å². The van der Waals surface area contributed by atoms with Gasteiger partial charge in [-0.15, -0.1) is 0 Å². The summed E-state index contributed by atoms with van der Waals surface area (Å²) in [5.74, 6) is -0.286. The van der Waals surface area contributed by atoms with Crippen LogP contribution in [0.15, 0.2) is 79.1 Å². The first kappa shape index (κ1) is 17.7. The standard InChI is InChI=1S/C22H23N3O/c1-25(2)20-12-10-19(11-13-20)24-22(26)21(18-8-4-3-5-9-18)15-17-7-6-14-23-16-17/h3-14,16,21H,15H2,1-2H3,(H,24,26). The van der Waals surface area contributed by atoms with Crippen molar-refractivity contribution in [2.24, 2.45) is 0 Å². The molecule has 1 aromatic heterocycles. The predicted molar refractivity (Wildman–Crippen MR) is 107 cm³/mol. The summed E-state index contributed by atoms with van der Waals surface area (Å²) in [6.07, 6.45) is 4.17. The first-order valence-electron chi connectivity index (χ1n) is 8.65. The smallest absolute Gasteiger partial charge is 0.232 e. The number of nitrogens with zero attached hydrogens (tertiary/aromatic N) is 2. The molecule has 0 aliphatic carbocycles. The zero-order valence-electron chi connectivity index (χ0n) is 15.1. The number of hydrogen-bond donors (Lipinski definition) is 1. The maximum Gasteiger partial charge on any atom is 0.232 e. The van der Waals surface area contributed by atoms with Crippen molar-refractivity contribution in [3.8, 4) is 0 Å². The van der Waals surface area contributed by atoms with Crippen molar-refractivity contribution in [3.05, 3.63) is 90.3 Å². The van der Waals surface area contributed by atoms with Crippen LogP contribution in [-0.2, 0) is 11.2 Å². The highest BCUT2D eigenvalue weighted by molar-refractivity contribution is 5.96. The molecule has 0 fully saturated rings. The largest absolute Gasteiger partial charge is 0.378 e. The molecule has 0 bridgehead atoms. The zero-order valence-corrected chi connectivity index (χ0v) is 15.1. The molecule has 2 aromatic carbocycles. The molecule has 0 radical (unpaired) electrons. The van der Waals surface area contributed by atoms with Gasteiger partial charge in [0.25, 0.3) is 0 Å². The van der Waals surface area contributed by atoms with Gasteiger partial charge in [-0.3, -0.25) is 9.78 Å². The van der Waals surface area contributed by atoms with Gasteiger partial charge in [0.05, 0.1) is 5.92 Å². The van der Waals surface area contributed by atoms with Crippen molar-refractivity contribution in [3.63, 3.8) is 0 Å². The Morgan fingerprint density at radius 1 is 1.00 bits per heavy atom. The van der Waals surface area contributed by atoms with Gasteiger partial charge in [0.2, 0.25) is 5.91 Å². The highest BCUT2D eigenvalue weighted by Gasteiger charge is 2.21. The minimum atomic E-state index is -0.270. The minimum Gasteiger partial charge on any atom is -0.378 e. The molecule has 26 heavy (non-hydrogen) atoms. The highest BCUT2D eigenvalue weighted by atomic mass is 16.1. The molecule has 1 N–H and O–H groups in total. The van der Waals surface area contributed by atoms with Crippen LogP contribution in [-0.4, -0.2) is 25.0 Å². The number of hydrogen-bond acceptors (Lipinski definition) is 3. The van der Waals surface area contributed by atoms with Crippen LogP contribution in [0.4, 0.5) is 11.4 Å². The Morgan fingerprint density at radius 3 is 2.35 bits per heavy atom. The number of anilines is 2. The minimum absolute atomic E-state index is 0.0161. The van der Waals surface area contributed by atoms with Crippen LogP contribution >= 0.6 is 0 Å². The first-order chi connectivity index (χ1) is 12.6. The molecule has 0 saturated heterocycles. The van der Waals surface area contributed by atoms with Crippen LogP contribution in [0.3, 0.4) is 0 Å². The molecule has 1 heterocycles. The van der Waals surface area contributed by atoms with Gasteiger partial charge in [0.1, 0.15) is 0 Å². The Bertz CT molecular complexity index is 830. The molecule has 1 unspecified atom stereocenters. The van der Waals surface area contributed by atoms with Crippen molar-refractivity contribution in [2.75, 3.05) is 24.3 Å². The van der Waals surface area contributed by atoms with E-state index in [0.717, 1.165) is 22.5 Å². The van der Waals surface area contributed by atoms with Gasteiger partial charge in [0.15, 0.2) is 0 Å². The number of amides is 1. The van der Waals surface area contributed by atoms with Crippen LogP contribution in [0.1, 0.15) is 17.0 Å². The molecule has 0 aliphatic heterocycles. The van der Waals surface area contributed by atoms with E-state index in [2.05, 4.69) is 10.3 Å². The van der Waals surface area contributed by atoms with E-state index in [9.17, 15) is 4.79 Å². The van der Waals surface area contributed by atoms with Crippen LogP contribution in [0, 0.1) is 0 Å². The maximum atomic E-state index is 13.0. The van der Waals surface area contributed by atoms with E-state index < -0.39 is 0 Å². The molecular formula is C22H23N3O. The van der Waals surface area contributed by atoms with Crippen molar-refractivity contribution < 1.29 is 4.79 Å². The average Bonchev–Trinajstić information content (AvgIpc) is 2.68. The first-order valence-corrected chi connectivity index (χ1v) is 8.65. The van der Waals surface area contributed by atoms with Gasteiger partial charge in [-0.05, 0) is 47.9 Å². The third-order valence-electron chi connectivity index (χ3n) is 4.33. The van der Waals surface area contributed by atoms with E-state index >= 15 is 0 Å². The number of nitrogens with one attached hydrogen (secondary N) is 1. The van der Waals surface area contributed by atoms with E-state index in [1.807, 2.05) is 91.9 Å². The third-order valence-corrected chi connectivity index (χ3v) is 4.33. The molecule has 1 amide bonds. The fraction of sp³-hybridized carbons (Fsp3) is 0.182. The van der Waals surface area contributed by atoms with Crippen LogP contribution in [0.2, 0.25) is 0 Å². The van der Waals surface area contributed by atoms with Crippen LogP contribution in [0.25, 0.3) is 0 Å². The Labute approximate surface area is 154 Å². The number of aromatic nitrogens is 1. The van der Waals surface area contributed by atoms with Crippen molar-refractivity contribution >= 4 is 17.3 Å². The zero-order chi connectivity index (χ0) is 18.4. The molecule has 3 rings (SSSR count). The van der Waals surface area contributed by atoms with Gasteiger partial charge in [0, 0.05) is 37.9 Å². The van der Waals surface area contributed by atoms with Gasteiger partial charge in [-0.2, -0.15) is 0 Å². The summed E-state index contributed by atoms with van der Waals surface area (Å²) < 4.78 is 0.